The van der Waals surface area contributed by atoms with E-state index < -0.39 is 0 Å². The Hall–Kier alpha value is -1.06. The first kappa shape index (κ1) is 14.9. The first-order chi connectivity index (χ1) is 6.96. The third-order valence-corrected chi connectivity index (χ3v) is 2.35. The lowest BCUT2D eigenvalue weighted by Gasteiger charge is -2.24. The largest absolute Gasteiger partial charge is 0.346 e. The number of aryl methyl sites for hydroxylation is 1. The second-order valence-electron chi connectivity index (χ2n) is 4.36. The number of hydrogen-bond donors (Lipinski definition) is 2. The van der Waals surface area contributed by atoms with E-state index >= 15 is 0 Å². The van der Waals surface area contributed by atoms with Crippen LogP contribution < -0.4 is 11.1 Å². The maximum absolute atomic E-state index is 11.9. The van der Waals surface area contributed by atoms with Crippen LogP contribution >= 0.6 is 12.4 Å². The van der Waals surface area contributed by atoms with Crippen molar-refractivity contribution in [2.45, 2.75) is 26.3 Å². The van der Waals surface area contributed by atoms with Gasteiger partial charge in [0.25, 0.3) is 5.91 Å². The molecule has 4 heteroatoms. The molecule has 0 aromatic heterocycles. The Kier molecular flexibility index (Phi) is 5.48. The average Bonchev–Trinajstić information content (AvgIpc) is 2.17. The molecule has 0 radical (unpaired) electrons. The molecule has 0 aliphatic rings. The van der Waals surface area contributed by atoms with E-state index in [1.807, 2.05) is 45.0 Å². The van der Waals surface area contributed by atoms with E-state index in [0.717, 1.165) is 5.56 Å². The van der Waals surface area contributed by atoms with Crippen molar-refractivity contribution in [3.05, 3.63) is 35.4 Å². The fourth-order valence-corrected chi connectivity index (χ4v) is 1.25. The number of rotatable bonds is 3. The smallest absolute Gasteiger partial charge is 0.252 e. The Morgan fingerprint density at radius 3 is 2.44 bits per heavy atom. The molecule has 0 spiro atoms. The van der Waals surface area contributed by atoms with Crippen molar-refractivity contribution in [1.29, 1.82) is 0 Å². The Labute approximate surface area is 103 Å². The SMILES string of the molecule is Cc1ccccc1C(=O)NC(C)(C)CN.Cl. The highest BCUT2D eigenvalue weighted by Crippen LogP contribution is 2.09. The molecular weight excluding hydrogens is 224 g/mol. The van der Waals surface area contributed by atoms with Gasteiger partial charge in [-0.2, -0.15) is 0 Å². The number of benzene rings is 1. The summed E-state index contributed by atoms with van der Waals surface area (Å²) in [7, 11) is 0. The minimum Gasteiger partial charge on any atom is -0.346 e. The molecule has 0 bridgehead atoms. The molecule has 3 nitrogen and oxygen atoms in total. The zero-order valence-electron chi connectivity index (χ0n) is 9.91. The molecule has 0 aliphatic carbocycles. The molecule has 0 fully saturated rings. The van der Waals surface area contributed by atoms with Gasteiger partial charge in [0, 0.05) is 17.6 Å². The van der Waals surface area contributed by atoms with Crippen LogP contribution in [-0.4, -0.2) is 18.0 Å². The van der Waals surface area contributed by atoms with Crippen LogP contribution in [0.15, 0.2) is 24.3 Å². The molecular formula is C12H19ClN2O. The van der Waals surface area contributed by atoms with Crippen LogP contribution in [0.1, 0.15) is 29.8 Å². The molecule has 1 aromatic carbocycles. The highest BCUT2D eigenvalue weighted by atomic mass is 35.5. The predicted octanol–water partition coefficient (Wildman–Crippen LogP) is 1.88. The maximum atomic E-state index is 11.9. The molecule has 1 rings (SSSR count). The molecule has 0 atom stereocenters. The van der Waals surface area contributed by atoms with Gasteiger partial charge in [0.05, 0.1) is 0 Å². The number of carbonyl (C=O) groups excluding carboxylic acids is 1. The molecule has 3 N–H and O–H groups in total. The maximum Gasteiger partial charge on any atom is 0.252 e. The highest BCUT2D eigenvalue weighted by Gasteiger charge is 2.19. The Balaban J connectivity index is 0.00000225. The fraction of sp³-hybridized carbons (Fsp3) is 0.417. The van der Waals surface area contributed by atoms with Crippen LogP contribution in [0.2, 0.25) is 0 Å². The summed E-state index contributed by atoms with van der Waals surface area (Å²) in [6.07, 6.45) is 0. The van der Waals surface area contributed by atoms with Crippen LogP contribution in [0.5, 0.6) is 0 Å². The van der Waals surface area contributed by atoms with Gasteiger partial charge in [0.15, 0.2) is 0 Å². The van der Waals surface area contributed by atoms with Crippen molar-refractivity contribution in [3.8, 4) is 0 Å². The predicted molar refractivity (Wildman–Crippen MR) is 69.0 cm³/mol. The topological polar surface area (TPSA) is 55.1 Å². The van der Waals surface area contributed by atoms with E-state index in [0.29, 0.717) is 12.1 Å². The number of amides is 1. The zero-order chi connectivity index (χ0) is 11.5. The number of carbonyl (C=O) groups is 1. The lowest BCUT2D eigenvalue weighted by atomic mass is 10.0. The minimum atomic E-state index is -0.362. The van der Waals surface area contributed by atoms with E-state index in [2.05, 4.69) is 5.32 Å². The highest BCUT2D eigenvalue weighted by molar-refractivity contribution is 5.96. The summed E-state index contributed by atoms with van der Waals surface area (Å²) >= 11 is 0. The van der Waals surface area contributed by atoms with Crippen LogP contribution in [0.3, 0.4) is 0 Å². The molecule has 0 unspecified atom stereocenters. The van der Waals surface area contributed by atoms with Crippen LogP contribution in [-0.2, 0) is 0 Å². The number of halogens is 1. The van der Waals surface area contributed by atoms with Gasteiger partial charge in [-0.3, -0.25) is 4.79 Å². The number of nitrogens with one attached hydrogen (secondary N) is 1. The van der Waals surface area contributed by atoms with Gasteiger partial charge < -0.3 is 11.1 Å². The van der Waals surface area contributed by atoms with Gasteiger partial charge in [0.1, 0.15) is 0 Å². The van der Waals surface area contributed by atoms with Crippen molar-refractivity contribution >= 4 is 18.3 Å². The number of nitrogens with two attached hydrogens (primary N) is 1. The third kappa shape index (κ3) is 3.83. The summed E-state index contributed by atoms with van der Waals surface area (Å²) in [6, 6.07) is 7.51. The average molecular weight is 243 g/mol. The van der Waals surface area contributed by atoms with Gasteiger partial charge in [-0.15, -0.1) is 12.4 Å². The van der Waals surface area contributed by atoms with E-state index in [9.17, 15) is 4.79 Å². The monoisotopic (exact) mass is 242 g/mol. The zero-order valence-corrected chi connectivity index (χ0v) is 10.7. The Bertz CT molecular complexity index is 364. The first-order valence-electron chi connectivity index (χ1n) is 5.04. The normalized spacial score (nSPS) is 10.5. The summed E-state index contributed by atoms with van der Waals surface area (Å²) in [5, 5.41) is 2.90. The van der Waals surface area contributed by atoms with Crippen molar-refractivity contribution in [3.63, 3.8) is 0 Å². The van der Waals surface area contributed by atoms with Gasteiger partial charge in [0.2, 0.25) is 0 Å². The lowest BCUT2D eigenvalue weighted by molar-refractivity contribution is 0.0915. The van der Waals surface area contributed by atoms with E-state index in [-0.39, 0.29) is 23.9 Å². The molecule has 1 aromatic rings. The van der Waals surface area contributed by atoms with Gasteiger partial charge in [-0.1, -0.05) is 18.2 Å². The van der Waals surface area contributed by atoms with Gasteiger partial charge in [-0.05, 0) is 32.4 Å². The lowest BCUT2D eigenvalue weighted by Crippen LogP contribution is -2.48. The Morgan fingerprint density at radius 2 is 1.94 bits per heavy atom. The summed E-state index contributed by atoms with van der Waals surface area (Å²) in [5.41, 5.74) is 6.88. The molecule has 90 valence electrons. The minimum absolute atomic E-state index is 0. The van der Waals surface area contributed by atoms with Crippen LogP contribution in [0.4, 0.5) is 0 Å². The van der Waals surface area contributed by atoms with Gasteiger partial charge >= 0.3 is 0 Å². The third-order valence-electron chi connectivity index (χ3n) is 2.35. The van der Waals surface area contributed by atoms with Crippen LogP contribution in [0.25, 0.3) is 0 Å². The van der Waals surface area contributed by atoms with Crippen molar-refractivity contribution in [1.82, 2.24) is 5.32 Å². The summed E-state index contributed by atoms with van der Waals surface area (Å²) in [6.45, 7) is 6.15. The molecule has 0 heterocycles. The quantitative estimate of drug-likeness (QED) is 0.851. The molecule has 0 aliphatic heterocycles. The van der Waals surface area contributed by atoms with E-state index in [4.69, 9.17) is 5.73 Å². The molecule has 0 saturated heterocycles. The van der Waals surface area contributed by atoms with E-state index in [1.54, 1.807) is 0 Å². The second kappa shape index (κ2) is 5.87. The fourth-order valence-electron chi connectivity index (χ4n) is 1.25. The molecule has 0 saturated carbocycles. The summed E-state index contributed by atoms with van der Waals surface area (Å²) in [5.74, 6) is -0.0662. The van der Waals surface area contributed by atoms with Crippen molar-refractivity contribution in [2.24, 2.45) is 5.73 Å². The number of hydrogen-bond acceptors (Lipinski definition) is 2. The molecule has 1 amide bonds. The second-order valence-corrected chi connectivity index (χ2v) is 4.36. The van der Waals surface area contributed by atoms with Crippen LogP contribution in [0, 0.1) is 6.92 Å². The van der Waals surface area contributed by atoms with Crippen molar-refractivity contribution < 1.29 is 4.79 Å². The van der Waals surface area contributed by atoms with Crippen molar-refractivity contribution in [2.75, 3.05) is 6.54 Å². The summed E-state index contributed by atoms with van der Waals surface area (Å²) < 4.78 is 0. The Morgan fingerprint density at radius 1 is 1.38 bits per heavy atom. The first-order valence-corrected chi connectivity index (χ1v) is 5.04. The van der Waals surface area contributed by atoms with Gasteiger partial charge in [-0.25, -0.2) is 0 Å². The summed E-state index contributed by atoms with van der Waals surface area (Å²) in [4.78, 5) is 11.9. The van der Waals surface area contributed by atoms with E-state index in [1.165, 1.54) is 0 Å². The molecule has 16 heavy (non-hydrogen) atoms. The standard InChI is InChI=1S/C12H18N2O.ClH/c1-9-6-4-5-7-10(9)11(15)14-12(2,3)8-13;/h4-7H,8,13H2,1-3H3,(H,14,15);1H.